The van der Waals surface area contributed by atoms with E-state index in [1.54, 1.807) is 12.1 Å². The van der Waals surface area contributed by atoms with E-state index in [0.717, 1.165) is 12.1 Å². The van der Waals surface area contributed by atoms with Crippen molar-refractivity contribution in [3.63, 3.8) is 0 Å². The van der Waals surface area contributed by atoms with E-state index in [9.17, 15) is 15.2 Å². The van der Waals surface area contributed by atoms with E-state index in [-0.39, 0.29) is 22.6 Å². The third-order valence-electron chi connectivity index (χ3n) is 2.07. The minimum absolute atomic E-state index is 0.0785. The summed E-state index contributed by atoms with van der Waals surface area (Å²) in [6.45, 7) is 1.50. The van der Waals surface area contributed by atoms with Crippen LogP contribution in [0, 0.1) is 39.7 Å². The predicted molar refractivity (Wildman–Crippen MR) is 58.7 cm³/mol. The molecule has 0 amide bonds. The highest BCUT2D eigenvalue weighted by Crippen LogP contribution is 2.29. The largest absolute Gasteiger partial charge is 0.507 e. The maximum Gasteiger partial charge on any atom is 0.270 e. The number of nitrogens with zero attached hydrogens (tertiary/aromatic N) is 3. The molecule has 1 aromatic rings. The average molecular weight is 229 g/mol. The Kier molecular flexibility index (Phi) is 3.43. The Morgan fingerprint density at radius 2 is 2.06 bits per heavy atom. The molecule has 0 unspecified atom stereocenters. The number of phenolic OH excluding ortho intramolecular Hbond substituents is 1. The highest BCUT2D eigenvalue weighted by atomic mass is 16.6. The van der Waals surface area contributed by atoms with Crippen molar-refractivity contribution in [3.05, 3.63) is 38.9 Å². The minimum atomic E-state index is -0.609. The molecule has 0 aliphatic heterocycles. The van der Waals surface area contributed by atoms with Crippen LogP contribution in [0.25, 0.3) is 6.08 Å². The van der Waals surface area contributed by atoms with Gasteiger partial charge in [-0.15, -0.1) is 0 Å². The van der Waals surface area contributed by atoms with Crippen molar-refractivity contribution in [2.75, 3.05) is 0 Å². The summed E-state index contributed by atoms with van der Waals surface area (Å²) in [7, 11) is 0. The van der Waals surface area contributed by atoms with Crippen molar-refractivity contribution in [3.8, 4) is 17.9 Å². The molecule has 0 radical (unpaired) electrons. The van der Waals surface area contributed by atoms with Gasteiger partial charge in [-0.1, -0.05) is 0 Å². The lowest BCUT2D eigenvalue weighted by molar-refractivity contribution is -0.384. The number of non-ortho nitro benzene ring substituents is 1. The summed E-state index contributed by atoms with van der Waals surface area (Å²) in [5, 5.41) is 37.4. The number of benzene rings is 1. The smallest absolute Gasteiger partial charge is 0.270 e. The fourth-order valence-corrected chi connectivity index (χ4v) is 1.25. The van der Waals surface area contributed by atoms with Gasteiger partial charge in [-0.3, -0.25) is 10.1 Å². The fourth-order valence-electron chi connectivity index (χ4n) is 1.25. The third kappa shape index (κ3) is 2.58. The first kappa shape index (κ1) is 12.2. The first-order valence-corrected chi connectivity index (χ1v) is 4.49. The standard InChI is InChI=1S/C11H7N3O3/c1-7-2-10(14(16)17)4-9(11(7)15)3-8(5-12)6-13/h2-4,15H,1H3. The van der Waals surface area contributed by atoms with Gasteiger partial charge in [0, 0.05) is 17.7 Å². The molecule has 6 heteroatoms. The van der Waals surface area contributed by atoms with Crippen LogP contribution >= 0.6 is 0 Å². The van der Waals surface area contributed by atoms with E-state index in [1.807, 2.05) is 0 Å². The number of nitro groups is 1. The van der Waals surface area contributed by atoms with Crippen LogP contribution in [0.2, 0.25) is 0 Å². The summed E-state index contributed by atoms with van der Waals surface area (Å²) in [6, 6.07) is 5.55. The molecule has 1 rings (SSSR count). The number of aryl methyl sites for hydroxylation is 1. The molecule has 1 N–H and O–H groups in total. The number of hydrogen-bond donors (Lipinski definition) is 1. The quantitative estimate of drug-likeness (QED) is 0.473. The van der Waals surface area contributed by atoms with Gasteiger partial charge in [0.2, 0.25) is 0 Å². The van der Waals surface area contributed by atoms with E-state index in [2.05, 4.69) is 0 Å². The Bertz CT molecular complexity index is 575. The lowest BCUT2D eigenvalue weighted by Gasteiger charge is -2.03. The number of nitro benzene ring substituents is 1. The molecule has 0 saturated heterocycles. The molecule has 0 atom stereocenters. The Balaban J connectivity index is 3.45. The maximum atomic E-state index is 10.6. The summed E-state index contributed by atoms with van der Waals surface area (Å²) in [4.78, 5) is 10.0. The molecule has 17 heavy (non-hydrogen) atoms. The predicted octanol–water partition coefficient (Wildman–Crippen LogP) is 2.04. The Morgan fingerprint density at radius 1 is 1.47 bits per heavy atom. The molecule has 6 nitrogen and oxygen atoms in total. The highest BCUT2D eigenvalue weighted by molar-refractivity contribution is 5.69. The van der Waals surface area contributed by atoms with Crippen LogP contribution in [-0.4, -0.2) is 10.0 Å². The van der Waals surface area contributed by atoms with Crippen molar-refractivity contribution in [2.24, 2.45) is 0 Å². The van der Waals surface area contributed by atoms with Crippen LogP contribution < -0.4 is 0 Å². The van der Waals surface area contributed by atoms with E-state index in [1.165, 1.54) is 13.0 Å². The van der Waals surface area contributed by atoms with E-state index in [0.29, 0.717) is 5.56 Å². The van der Waals surface area contributed by atoms with Crippen LogP contribution in [0.3, 0.4) is 0 Å². The van der Waals surface area contributed by atoms with Gasteiger partial charge < -0.3 is 5.11 Å². The maximum absolute atomic E-state index is 10.6. The minimum Gasteiger partial charge on any atom is -0.507 e. The molecular formula is C11H7N3O3. The SMILES string of the molecule is Cc1cc([N+](=O)[O-])cc(C=C(C#N)C#N)c1O. The first-order chi connectivity index (χ1) is 7.99. The van der Waals surface area contributed by atoms with Crippen molar-refractivity contribution in [1.29, 1.82) is 10.5 Å². The normalized spacial score (nSPS) is 8.88. The highest BCUT2D eigenvalue weighted by Gasteiger charge is 2.13. The van der Waals surface area contributed by atoms with Gasteiger partial charge in [0.15, 0.2) is 0 Å². The van der Waals surface area contributed by atoms with Gasteiger partial charge in [0.25, 0.3) is 5.69 Å². The summed E-state index contributed by atoms with van der Waals surface area (Å²) in [5.74, 6) is -0.182. The van der Waals surface area contributed by atoms with Crippen molar-refractivity contribution >= 4 is 11.8 Å². The van der Waals surface area contributed by atoms with Crippen LogP contribution in [-0.2, 0) is 0 Å². The molecule has 0 aliphatic carbocycles. The summed E-state index contributed by atoms with van der Waals surface area (Å²) >= 11 is 0. The topological polar surface area (TPSA) is 111 Å². The third-order valence-corrected chi connectivity index (χ3v) is 2.07. The Hall–Kier alpha value is -2.86. The van der Waals surface area contributed by atoms with Crippen LogP contribution in [0.4, 0.5) is 5.69 Å². The second kappa shape index (κ2) is 4.77. The van der Waals surface area contributed by atoms with Crippen molar-refractivity contribution in [1.82, 2.24) is 0 Å². The van der Waals surface area contributed by atoms with Gasteiger partial charge >= 0.3 is 0 Å². The number of aromatic hydroxyl groups is 1. The van der Waals surface area contributed by atoms with E-state index >= 15 is 0 Å². The second-order valence-electron chi connectivity index (χ2n) is 3.24. The number of nitriles is 2. The Labute approximate surface area is 96.8 Å². The first-order valence-electron chi connectivity index (χ1n) is 4.49. The van der Waals surface area contributed by atoms with Crippen LogP contribution in [0.5, 0.6) is 5.75 Å². The molecular weight excluding hydrogens is 222 g/mol. The van der Waals surface area contributed by atoms with E-state index < -0.39 is 4.92 Å². The molecule has 0 aromatic heterocycles. The zero-order chi connectivity index (χ0) is 13.0. The van der Waals surface area contributed by atoms with Crippen LogP contribution in [0.1, 0.15) is 11.1 Å². The number of hydrogen-bond acceptors (Lipinski definition) is 5. The Morgan fingerprint density at radius 3 is 2.53 bits per heavy atom. The molecule has 1 aromatic carbocycles. The molecule has 0 bridgehead atoms. The summed E-state index contributed by atoms with van der Waals surface area (Å²) in [5.41, 5.74) is -0.0579. The summed E-state index contributed by atoms with van der Waals surface area (Å²) < 4.78 is 0. The lowest BCUT2D eigenvalue weighted by atomic mass is 10.1. The van der Waals surface area contributed by atoms with Gasteiger partial charge in [-0.2, -0.15) is 10.5 Å². The summed E-state index contributed by atoms with van der Waals surface area (Å²) in [6.07, 6.45) is 1.11. The van der Waals surface area contributed by atoms with Crippen molar-refractivity contribution < 1.29 is 10.0 Å². The zero-order valence-corrected chi connectivity index (χ0v) is 8.84. The van der Waals surface area contributed by atoms with Crippen molar-refractivity contribution in [2.45, 2.75) is 6.92 Å². The zero-order valence-electron chi connectivity index (χ0n) is 8.84. The number of allylic oxidation sites excluding steroid dienone is 1. The van der Waals surface area contributed by atoms with Gasteiger partial charge in [-0.25, -0.2) is 0 Å². The molecule has 0 aliphatic rings. The van der Waals surface area contributed by atoms with Crippen LogP contribution in [0.15, 0.2) is 17.7 Å². The molecule has 0 fully saturated rings. The van der Waals surface area contributed by atoms with Gasteiger partial charge in [-0.05, 0) is 18.6 Å². The molecule has 0 heterocycles. The molecule has 0 saturated carbocycles. The van der Waals surface area contributed by atoms with E-state index in [4.69, 9.17) is 10.5 Å². The molecule has 0 spiro atoms. The fraction of sp³-hybridized carbons (Fsp3) is 0.0909. The molecule has 84 valence electrons. The average Bonchev–Trinajstić information content (AvgIpc) is 2.30. The van der Waals surface area contributed by atoms with Gasteiger partial charge in [0.1, 0.15) is 23.5 Å². The monoisotopic (exact) mass is 229 g/mol. The number of rotatable bonds is 2. The van der Waals surface area contributed by atoms with Gasteiger partial charge in [0.05, 0.1) is 4.92 Å². The number of phenols is 1. The lowest BCUT2D eigenvalue weighted by Crippen LogP contribution is -1.91. The second-order valence-corrected chi connectivity index (χ2v) is 3.24.